The first-order valence-electron chi connectivity index (χ1n) is 8.26. The number of amides is 1. The average Bonchev–Trinajstić information content (AvgIpc) is 2.69. The van der Waals surface area contributed by atoms with Gasteiger partial charge in [-0.1, -0.05) is 6.07 Å². The van der Waals surface area contributed by atoms with Crippen molar-refractivity contribution in [3.63, 3.8) is 0 Å². The maximum absolute atomic E-state index is 12.8. The third kappa shape index (κ3) is 4.75. The number of carbonyl (C=O) groups is 1. The highest BCUT2D eigenvalue weighted by Crippen LogP contribution is 2.33. The van der Waals surface area contributed by atoms with Gasteiger partial charge in [-0.3, -0.25) is 4.79 Å². The van der Waals surface area contributed by atoms with Crippen molar-refractivity contribution >= 4 is 11.6 Å². The lowest BCUT2D eigenvalue weighted by Gasteiger charge is -2.11. The van der Waals surface area contributed by atoms with Gasteiger partial charge in [-0.05, 0) is 42.5 Å². The Labute approximate surface area is 163 Å². The molecule has 0 fully saturated rings. The Morgan fingerprint density at radius 2 is 1.79 bits per heavy atom. The standard InChI is InChI=1S/C20H15F3N2O4/c1-28-16-9-10-24-17(18(16)26)19(27)25-13-5-7-14(8-6-13)29-15-4-2-3-12(11-15)20(21,22)23/h2-11,26H,1H3,(H,25,27). The minimum atomic E-state index is -4.47. The number of pyridine rings is 1. The van der Waals surface area contributed by atoms with Gasteiger partial charge in [0.2, 0.25) is 0 Å². The number of hydrogen-bond acceptors (Lipinski definition) is 5. The second-order valence-corrected chi connectivity index (χ2v) is 5.82. The quantitative estimate of drug-likeness (QED) is 0.635. The van der Waals surface area contributed by atoms with E-state index in [2.05, 4.69) is 10.3 Å². The Morgan fingerprint density at radius 3 is 2.45 bits per heavy atom. The molecule has 3 aromatic rings. The van der Waals surface area contributed by atoms with Crippen molar-refractivity contribution < 1.29 is 32.5 Å². The molecule has 9 heteroatoms. The summed E-state index contributed by atoms with van der Waals surface area (Å²) in [4.78, 5) is 16.1. The van der Waals surface area contributed by atoms with Crippen LogP contribution in [0.25, 0.3) is 0 Å². The van der Waals surface area contributed by atoms with Gasteiger partial charge in [-0.25, -0.2) is 4.98 Å². The fourth-order valence-corrected chi connectivity index (χ4v) is 2.44. The largest absolute Gasteiger partial charge is 0.503 e. The fourth-order valence-electron chi connectivity index (χ4n) is 2.44. The lowest BCUT2D eigenvalue weighted by atomic mass is 10.2. The number of methoxy groups -OCH3 is 1. The summed E-state index contributed by atoms with van der Waals surface area (Å²) in [6.45, 7) is 0. The van der Waals surface area contributed by atoms with Crippen LogP contribution in [0.15, 0.2) is 60.8 Å². The highest BCUT2D eigenvalue weighted by Gasteiger charge is 2.30. The van der Waals surface area contributed by atoms with Crippen LogP contribution in [-0.4, -0.2) is 23.1 Å². The number of carbonyl (C=O) groups excluding carboxylic acids is 1. The van der Waals surface area contributed by atoms with Crippen molar-refractivity contribution in [2.75, 3.05) is 12.4 Å². The highest BCUT2D eigenvalue weighted by molar-refractivity contribution is 6.05. The van der Waals surface area contributed by atoms with Gasteiger partial charge < -0.3 is 19.9 Å². The molecule has 3 rings (SSSR count). The van der Waals surface area contributed by atoms with Crippen LogP contribution in [0, 0.1) is 0 Å². The molecule has 0 unspecified atom stereocenters. The minimum absolute atomic E-state index is 0.0297. The number of hydrogen-bond donors (Lipinski definition) is 2. The SMILES string of the molecule is COc1ccnc(C(=O)Nc2ccc(Oc3cccc(C(F)(F)F)c3)cc2)c1O. The number of nitrogens with one attached hydrogen (secondary N) is 1. The van der Waals surface area contributed by atoms with Crippen LogP contribution in [0.2, 0.25) is 0 Å². The second kappa shape index (κ2) is 8.09. The lowest BCUT2D eigenvalue weighted by Crippen LogP contribution is -2.14. The topological polar surface area (TPSA) is 80.7 Å². The molecule has 0 saturated heterocycles. The molecule has 0 saturated carbocycles. The molecule has 150 valence electrons. The molecule has 0 aliphatic heterocycles. The summed E-state index contributed by atoms with van der Waals surface area (Å²) in [6.07, 6.45) is -3.15. The van der Waals surface area contributed by atoms with E-state index in [1.54, 1.807) is 0 Å². The predicted octanol–water partition coefficient (Wildman–Crippen LogP) is 4.86. The molecule has 1 amide bonds. The van der Waals surface area contributed by atoms with Crippen LogP contribution in [0.5, 0.6) is 23.0 Å². The van der Waals surface area contributed by atoms with Crippen molar-refractivity contribution in [3.8, 4) is 23.0 Å². The van der Waals surface area contributed by atoms with Crippen molar-refractivity contribution in [1.29, 1.82) is 0 Å². The first-order chi connectivity index (χ1) is 13.8. The zero-order chi connectivity index (χ0) is 21.0. The molecular weight excluding hydrogens is 389 g/mol. The number of ether oxygens (including phenoxy) is 2. The molecule has 0 spiro atoms. The van der Waals surface area contributed by atoms with E-state index in [9.17, 15) is 23.1 Å². The van der Waals surface area contributed by atoms with Gasteiger partial charge in [0, 0.05) is 18.0 Å². The fraction of sp³-hybridized carbons (Fsp3) is 0.100. The first-order valence-corrected chi connectivity index (χ1v) is 8.26. The summed E-state index contributed by atoms with van der Waals surface area (Å²) in [6, 6.07) is 11.9. The number of rotatable bonds is 5. The number of nitrogens with zero attached hydrogens (tertiary/aromatic N) is 1. The van der Waals surface area contributed by atoms with Crippen molar-refractivity contribution in [1.82, 2.24) is 4.98 Å². The molecular formula is C20H15F3N2O4. The van der Waals surface area contributed by atoms with E-state index in [1.165, 1.54) is 55.8 Å². The van der Waals surface area contributed by atoms with Gasteiger partial charge in [0.1, 0.15) is 11.5 Å². The molecule has 0 atom stereocenters. The summed E-state index contributed by atoms with van der Waals surface area (Å²) >= 11 is 0. The Hall–Kier alpha value is -3.75. The molecule has 0 aliphatic carbocycles. The average molecular weight is 404 g/mol. The van der Waals surface area contributed by atoms with E-state index in [0.29, 0.717) is 5.69 Å². The van der Waals surface area contributed by atoms with Crippen LogP contribution in [0.1, 0.15) is 16.1 Å². The smallest absolute Gasteiger partial charge is 0.416 e. The second-order valence-electron chi connectivity index (χ2n) is 5.82. The Balaban J connectivity index is 1.70. The summed E-state index contributed by atoms with van der Waals surface area (Å²) in [5.74, 6) is -0.633. The van der Waals surface area contributed by atoms with Gasteiger partial charge >= 0.3 is 6.18 Å². The number of anilines is 1. The van der Waals surface area contributed by atoms with Crippen molar-refractivity contribution in [2.45, 2.75) is 6.18 Å². The van der Waals surface area contributed by atoms with E-state index in [-0.39, 0.29) is 22.9 Å². The molecule has 2 aromatic carbocycles. The summed E-state index contributed by atoms with van der Waals surface area (Å²) in [7, 11) is 1.35. The van der Waals surface area contributed by atoms with Crippen LogP contribution in [0.4, 0.5) is 18.9 Å². The first kappa shape index (κ1) is 20.0. The van der Waals surface area contributed by atoms with Crippen LogP contribution < -0.4 is 14.8 Å². The minimum Gasteiger partial charge on any atom is -0.503 e. The molecule has 2 N–H and O–H groups in total. The maximum atomic E-state index is 12.8. The van der Waals surface area contributed by atoms with Gasteiger partial charge in [0.25, 0.3) is 5.91 Å². The van der Waals surface area contributed by atoms with E-state index < -0.39 is 23.4 Å². The molecule has 6 nitrogen and oxygen atoms in total. The zero-order valence-corrected chi connectivity index (χ0v) is 15.0. The molecule has 1 heterocycles. The number of aromatic hydroxyl groups is 1. The third-order valence-electron chi connectivity index (χ3n) is 3.83. The highest BCUT2D eigenvalue weighted by atomic mass is 19.4. The predicted molar refractivity (Wildman–Crippen MR) is 98.4 cm³/mol. The Morgan fingerprint density at radius 1 is 1.07 bits per heavy atom. The van der Waals surface area contributed by atoms with E-state index in [0.717, 1.165) is 12.1 Å². The maximum Gasteiger partial charge on any atom is 0.416 e. The number of halogens is 3. The van der Waals surface area contributed by atoms with Crippen LogP contribution >= 0.6 is 0 Å². The lowest BCUT2D eigenvalue weighted by molar-refractivity contribution is -0.137. The van der Waals surface area contributed by atoms with Gasteiger partial charge in [0.15, 0.2) is 17.2 Å². The molecule has 0 bridgehead atoms. The monoisotopic (exact) mass is 404 g/mol. The van der Waals surface area contributed by atoms with Gasteiger partial charge in [-0.15, -0.1) is 0 Å². The Bertz CT molecular complexity index is 1020. The van der Waals surface area contributed by atoms with E-state index in [4.69, 9.17) is 9.47 Å². The summed E-state index contributed by atoms with van der Waals surface area (Å²) in [5, 5.41) is 12.5. The normalized spacial score (nSPS) is 11.0. The van der Waals surface area contributed by atoms with Crippen molar-refractivity contribution in [2.24, 2.45) is 0 Å². The van der Waals surface area contributed by atoms with Gasteiger partial charge in [0.05, 0.1) is 12.7 Å². The molecule has 1 aromatic heterocycles. The molecule has 0 radical (unpaired) electrons. The van der Waals surface area contributed by atoms with E-state index >= 15 is 0 Å². The van der Waals surface area contributed by atoms with Crippen LogP contribution in [0.3, 0.4) is 0 Å². The van der Waals surface area contributed by atoms with Gasteiger partial charge in [-0.2, -0.15) is 13.2 Å². The Kier molecular flexibility index (Phi) is 5.58. The third-order valence-corrected chi connectivity index (χ3v) is 3.83. The number of aromatic nitrogens is 1. The number of alkyl halides is 3. The van der Waals surface area contributed by atoms with Crippen molar-refractivity contribution in [3.05, 3.63) is 72.1 Å². The zero-order valence-electron chi connectivity index (χ0n) is 15.0. The summed E-state index contributed by atoms with van der Waals surface area (Å²) < 4.78 is 48.7. The molecule has 0 aliphatic rings. The number of benzene rings is 2. The molecule has 29 heavy (non-hydrogen) atoms. The van der Waals surface area contributed by atoms with E-state index in [1.807, 2.05) is 0 Å². The summed E-state index contributed by atoms with van der Waals surface area (Å²) in [5.41, 5.74) is -0.659. The van der Waals surface area contributed by atoms with Crippen LogP contribution in [-0.2, 0) is 6.18 Å².